The number of hydrogen-bond acceptors (Lipinski definition) is 6. The van der Waals surface area contributed by atoms with Crippen molar-refractivity contribution in [1.82, 2.24) is 5.32 Å². The molecule has 0 unspecified atom stereocenters. The number of anilines is 1. The lowest BCUT2D eigenvalue weighted by atomic mass is 10.1. The monoisotopic (exact) mass is 538 g/mol. The fourth-order valence-corrected chi connectivity index (χ4v) is 3.99. The second kappa shape index (κ2) is 11.3. The van der Waals surface area contributed by atoms with Crippen molar-refractivity contribution in [3.05, 3.63) is 99.0 Å². The Labute approximate surface area is 222 Å². The van der Waals surface area contributed by atoms with Crippen LogP contribution in [0.25, 0.3) is 6.08 Å². The van der Waals surface area contributed by atoms with Gasteiger partial charge in [-0.05, 0) is 72.7 Å². The zero-order valence-corrected chi connectivity index (χ0v) is 21.0. The third kappa shape index (κ3) is 5.99. The average molecular weight is 539 g/mol. The molecule has 0 aromatic heterocycles. The summed E-state index contributed by atoms with van der Waals surface area (Å²) in [6.45, 7) is 2.14. The molecule has 1 aliphatic rings. The Bertz CT molecular complexity index is 1420. The Morgan fingerprint density at radius 1 is 1.00 bits per heavy atom. The number of urea groups is 1. The van der Waals surface area contributed by atoms with E-state index in [1.165, 1.54) is 36.4 Å². The summed E-state index contributed by atoms with van der Waals surface area (Å²) in [5, 5.41) is 3.01. The van der Waals surface area contributed by atoms with Crippen LogP contribution < -0.4 is 15.0 Å². The van der Waals surface area contributed by atoms with Crippen molar-refractivity contribution >= 4 is 58.8 Å². The Balaban J connectivity index is 1.54. The third-order valence-electron chi connectivity index (χ3n) is 5.29. The van der Waals surface area contributed by atoms with Crippen molar-refractivity contribution in [2.75, 3.05) is 11.5 Å². The maximum atomic E-state index is 13.1. The molecule has 4 rings (SSSR count). The summed E-state index contributed by atoms with van der Waals surface area (Å²) in [5.74, 6) is -1.79. The molecule has 4 amide bonds. The molecule has 1 fully saturated rings. The van der Waals surface area contributed by atoms with Crippen LogP contribution in [0.1, 0.15) is 28.4 Å². The normalized spacial score (nSPS) is 14.5. The van der Waals surface area contributed by atoms with E-state index >= 15 is 0 Å². The van der Waals surface area contributed by atoms with Crippen molar-refractivity contribution < 1.29 is 28.7 Å². The van der Waals surface area contributed by atoms with Crippen LogP contribution in [0, 0.1) is 0 Å². The number of benzene rings is 3. The van der Waals surface area contributed by atoms with E-state index in [0.717, 1.165) is 10.5 Å². The summed E-state index contributed by atoms with van der Waals surface area (Å²) in [6, 6.07) is 16.8. The van der Waals surface area contributed by atoms with Gasteiger partial charge in [-0.15, -0.1) is 0 Å². The first-order chi connectivity index (χ1) is 17.8. The van der Waals surface area contributed by atoms with Gasteiger partial charge in [0.15, 0.2) is 0 Å². The lowest BCUT2D eigenvalue weighted by Crippen LogP contribution is -2.54. The first-order valence-electron chi connectivity index (χ1n) is 11.1. The third-order valence-corrected chi connectivity index (χ3v) is 5.82. The van der Waals surface area contributed by atoms with E-state index in [1.54, 1.807) is 31.2 Å². The highest BCUT2D eigenvalue weighted by Crippen LogP contribution is 2.29. The van der Waals surface area contributed by atoms with E-state index in [2.05, 4.69) is 5.32 Å². The molecule has 0 spiro atoms. The van der Waals surface area contributed by atoms with E-state index in [0.29, 0.717) is 16.3 Å². The minimum atomic E-state index is -0.904. The molecule has 1 N–H and O–H groups in total. The summed E-state index contributed by atoms with van der Waals surface area (Å²) in [7, 11) is 0. The minimum Gasteiger partial charge on any atom is -0.487 e. The molecule has 8 nitrogen and oxygen atoms in total. The summed E-state index contributed by atoms with van der Waals surface area (Å²) in [6.07, 6.45) is 1.33. The zero-order chi connectivity index (χ0) is 26.5. The zero-order valence-electron chi connectivity index (χ0n) is 19.5. The van der Waals surface area contributed by atoms with Crippen LogP contribution >= 0.6 is 23.2 Å². The van der Waals surface area contributed by atoms with Crippen LogP contribution in [-0.2, 0) is 20.9 Å². The van der Waals surface area contributed by atoms with Crippen LogP contribution in [-0.4, -0.2) is 30.4 Å². The van der Waals surface area contributed by atoms with Gasteiger partial charge in [0.25, 0.3) is 11.8 Å². The van der Waals surface area contributed by atoms with Crippen LogP contribution in [0.5, 0.6) is 5.75 Å². The predicted molar refractivity (Wildman–Crippen MR) is 139 cm³/mol. The van der Waals surface area contributed by atoms with Gasteiger partial charge >= 0.3 is 12.0 Å². The molecular formula is C27H20Cl2N2O6. The second-order valence-corrected chi connectivity index (χ2v) is 8.68. The van der Waals surface area contributed by atoms with Gasteiger partial charge in [-0.25, -0.2) is 14.5 Å². The van der Waals surface area contributed by atoms with E-state index in [1.807, 2.05) is 12.1 Å². The molecule has 1 heterocycles. The van der Waals surface area contributed by atoms with E-state index in [-0.39, 0.29) is 35.1 Å². The molecule has 3 aromatic carbocycles. The van der Waals surface area contributed by atoms with Crippen molar-refractivity contribution in [3.8, 4) is 5.75 Å². The number of carbonyl (C=O) groups is 4. The SMILES string of the molecule is CCOC(=O)c1ccc(N2C(=O)NC(=O)/C(=C\c3ccc(OCc4cccc(Cl)c4)c(Cl)c3)C2=O)cc1. The van der Waals surface area contributed by atoms with Crippen LogP contribution in [0.15, 0.2) is 72.3 Å². The predicted octanol–water partition coefficient (Wildman–Crippen LogP) is 5.42. The van der Waals surface area contributed by atoms with Gasteiger partial charge in [0.1, 0.15) is 17.9 Å². The first-order valence-corrected chi connectivity index (χ1v) is 11.9. The van der Waals surface area contributed by atoms with Crippen molar-refractivity contribution in [3.63, 3.8) is 0 Å². The number of rotatable bonds is 7. The van der Waals surface area contributed by atoms with Gasteiger partial charge in [0.2, 0.25) is 0 Å². The van der Waals surface area contributed by atoms with Gasteiger partial charge in [0.05, 0.1) is 22.9 Å². The molecule has 0 atom stereocenters. The van der Waals surface area contributed by atoms with Crippen molar-refractivity contribution in [1.29, 1.82) is 0 Å². The highest BCUT2D eigenvalue weighted by Gasteiger charge is 2.36. The number of barbiturate groups is 1. The number of ether oxygens (including phenoxy) is 2. The summed E-state index contributed by atoms with van der Waals surface area (Å²) >= 11 is 12.4. The van der Waals surface area contributed by atoms with Gasteiger partial charge in [0, 0.05) is 5.02 Å². The number of imide groups is 2. The Hall–Kier alpha value is -4.14. The lowest BCUT2D eigenvalue weighted by Gasteiger charge is -2.26. The highest BCUT2D eigenvalue weighted by molar-refractivity contribution is 6.39. The molecule has 1 aliphatic heterocycles. The number of nitrogens with one attached hydrogen (secondary N) is 1. The van der Waals surface area contributed by atoms with E-state index in [9.17, 15) is 19.2 Å². The molecule has 10 heteroatoms. The van der Waals surface area contributed by atoms with E-state index < -0.39 is 23.8 Å². The van der Waals surface area contributed by atoms with Gasteiger partial charge in [-0.2, -0.15) is 0 Å². The molecule has 1 saturated heterocycles. The number of amides is 4. The lowest BCUT2D eigenvalue weighted by molar-refractivity contribution is -0.122. The number of carbonyl (C=O) groups excluding carboxylic acids is 4. The molecule has 0 bridgehead atoms. The molecule has 3 aromatic rings. The fourth-order valence-electron chi connectivity index (χ4n) is 3.53. The molecule has 37 heavy (non-hydrogen) atoms. The molecular weight excluding hydrogens is 519 g/mol. The van der Waals surface area contributed by atoms with Crippen LogP contribution in [0.4, 0.5) is 10.5 Å². The number of hydrogen-bond donors (Lipinski definition) is 1. The fraction of sp³-hybridized carbons (Fsp3) is 0.111. The van der Waals surface area contributed by atoms with Crippen molar-refractivity contribution in [2.24, 2.45) is 0 Å². The first kappa shape index (κ1) is 25.9. The summed E-state index contributed by atoms with van der Waals surface area (Å²) in [5.41, 5.74) is 1.48. The van der Waals surface area contributed by atoms with Gasteiger partial charge < -0.3 is 9.47 Å². The standard InChI is InChI=1S/C27H20Cl2N2O6/c1-2-36-26(34)18-7-9-20(10-8-18)31-25(33)21(24(32)30-27(31)35)13-16-6-11-23(22(29)14-16)37-15-17-4-3-5-19(28)12-17/h3-14H,2,15H2,1H3,(H,30,32,35)/b21-13+. The minimum absolute atomic E-state index is 0.178. The summed E-state index contributed by atoms with van der Waals surface area (Å²) < 4.78 is 10.7. The molecule has 0 aliphatic carbocycles. The molecule has 188 valence electrons. The molecule has 0 radical (unpaired) electrons. The average Bonchev–Trinajstić information content (AvgIpc) is 2.86. The topological polar surface area (TPSA) is 102 Å². The number of halogens is 2. The highest BCUT2D eigenvalue weighted by atomic mass is 35.5. The summed E-state index contributed by atoms with van der Waals surface area (Å²) in [4.78, 5) is 50.7. The smallest absolute Gasteiger partial charge is 0.338 e. The maximum absolute atomic E-state index is 13.1. The van der Waals surface area contributed by atoms with Gasteiger partial charge in [-0.3, -0.25) is 14.9 Å². The van der Waals surface area contributed by atoms with Gasteiger partial charge in [-0.1, -0.05) is 41.4 Å². The van der Waals surface area contributed by atoms with Crippen LogP contribution in [0.3, 0.4) is 0 Å². The van der Waals surface area contributed by atoms with Crippen LogP contribution in [0.2, 0.25) is 10.0 Å². The van der Waals surface area contributed by atoms with Crippen molar-refractivity contribution in [2.45, 2.75) is 13.5 Å². The Morgan fingerprint density at radius 2 is 1.76 bits per heavy atom. The number of esters is 1. The molecule has 0 saturated carbocycles. The largest absolute Gasteiger partial charge is 0.487 e. The second-order valence-electron chi connectivity index (χ2n) is 7.83. The Morgan fingerprint density at radius 3 is 2.43 bits per heavy atom. The Kier molecular flexibility index (Phi) is 7.91. The quantitative estimate of drug-likeness (QED) is 0.245. The number of nitrogens with zero attached hydrogens (tertiary/aromatic N) is 1. The van der Waals surface area contributed by atoms with E-state index in [4.69, 9.17) is 32.7 Å². The maximum Gasteiger partial charge on any atom is 0.338 e.